The van der Waals surface area contributed by atoms with Gasteiger partial charge in [-0.15, -0.1) is 0 Å². The molecule has 2 aromatic rings. The maximum absolute atomic E-state index is 13.8. The predicted molar refractivity (Wildman–Crippen MR) is 87.4 cm³/mol. The summed E-state index contributed by atoms with van der Waals surface area (Å²) in [5.41, 5.74) is 0.382. The number of rotatable bonds is 4. The van der Waals surface area contributed by atoms with E-state index in [0.29, 0.717) is 17.5 Å². The molecular weight excluding hydrogens is 279 g/mol. The fraction of sp³-hybridized carbons (Fsp3) is 0.529. The van der Waals surface area contributed by atoms with Gasteiger partial charge >= 0.3 is 0 Å². The molecule has 1 saturated heterocycles. The van der Waals surface area contributed by atoms with Gasteiger partial charge in [-0.25, -0.2) is 14.4 Å². The van der Waals surface area contributed by atoms with Crippen LogP contribution in [-0.4, -0.2) is 40.5 Å². The second-order valence-corrected chi connectivity index (χ2v) is 6.34. The van der Waals surface area contributed by atoms with E-state index in [2.05, 4.69) is 34.0 Å². The van der Waals surface area contributed by atoms with Gasteiger partial charge in [-0.2, -0.15) is 0 Å². The molecular formula is C17H23FN4. The van der Waals surface area contributed by atoms with E-state index in [4.69, 9.17) is 0 Å². The lowest BCUT2D eigenvalue weighted by atomic mass is 9.97. The van der Waals surface area contributed by atoms with Crippen molar-refractivity contribution in [1.29, 1.82) is 0 Å². The van der Waals surface area contributed by atoms with Gasteiger partial charge in [0.05, 0.1) is 0 Å². The second-order valence-electron chi connectivity index (χ2n) is 6.34. The number of benzene rings is 1. The van der Waals surface area contributed by atoms with E-state index in [9.17, 15) is 4.39 Å². The number of nitrogens with one attached hydrogen (secondary N) is 1. The molecule has 1 aromatic carbocycles. The number of nitrogens with zero attached hydrogens (tertiary/aromatic N) is 3. The van der Waals surface area contributed by atoms with Crippen LogP contribution in [0.25, 0.3) is 10.9 Å². The highest BCUT2D eigenvalue weighted by Crippen LogP contribution is 2.23. The number of hydrogen-bond acceptors (Lipinski definition) is 4. The van der Waals surface area contributed by atoms with E-state index in [-0.39, 0.29) is 5.82 Å². The molecule has 1 atom stereocenters. The quantitative estimate of drug-likeness (QED) is 0.941. The number of para-hydroxylation sites is 1. The Morgan fingerprint density at radius 3 is 3.05 bits per heavy atom. The zero-order valence-electron chi connectivity index (χ0n) is 13.2. The molecule has 1 unspecified atom stereocenters. The third-order valence-electron chi connectivity index (χ3n) is 4.45. The van der Waals surface area contributed by atoms with Crippen LogP contribution in [0.15, 0.2) is 24.5 Å². The van der Waals surface area contributed by atoms with E-state index in [1.807, 2.05) is 6.07 Å². The molecule has 0 bridgehead atoms. The van der Waals surface area contributed by atoms with Crippen molar-refractivity contribution in [2.24, 2.45) is 5.92 Å². The van der Waals surface area contributed by atoms with Crippen molar-refractivity contribution in [3.63, 3.8) is 0 Å². The topological polar surface area (TPSA) is 41.0 Å². The number of halogens is 1. The Morgan fingerprint density at radius 1 is 1.36 bits per heavy atom. The highest BCUT2D eigenvalue weighted by atomic mass is 19.1. The maximum atomic E-state index is 13.8. The number of likely N-dealkylation sites (tertiary alicyclic amines) is 1. The first-order valence-electron chi connectivity index (χ1n) is 8.02. The highest BCUT2D eigenvalue weighted by molar-refractivity contribution is 5.89. The summed E-state index contributed by atoms with van der Waals surface area (Å²) >= 11 is 0. The van der Waals surface area contributed by atoms with Gasteiger partial charge in [-0.3, -0.25) is 0 Å². The van der Waals surface area contributed by atoms with Gasteiger partial charge in [-0.05, 0) is 51.3 Å². The van der Waals surface area contributed by atoms with Crippen molar-refractivity contribution in [3.05, 3.63) is 30.3 Å². The van der Waals surface area contributed by atoms with Gasteiger partial charge < -0.3 is 10.2 Å². The Morgan fingerprint density at radius 2 is 2.23 bits per heavy atom. The molecule has 1 N–H and O–H groups in total. The fourth-order valence-electron chi connectivity index (χ4n) is 3.17. The van der Waals surface area contributed by atoms with E-state index in [0.717, 1.165) is 24.3 Å². The zero-order chi connectivity index (χ0) is 15.5. The molecule has 3 rings (SSSR count). The van der Waals surface area contributed by atoms with Crippen molar-refractivity contribution in [3.8, 4) is 0 Å². The molecule has 5 heteroatoms. The number of piperidine rings is 1. The van der Waals surface area contributed by atoms with Gasteiger partial charge in [0.1, 0.15) is 23.5 Å². The van der Waals surface area contributed by atoms with Crippen LogP contribution in [-0.2, 0) is 0 Å². The van der Waals surface area contributed by atoms with E-state index in [1.165, 1.54) is 31.8 Å². The van der Waals surface area contributed by atoms with Crippen molar-refractivity contribution in [2.75, 3.05) is 25.0 Å². The molecule has 22 heavy (non-hydrogen) atoms. The van der Waals surface area contributed by atoms with Gasteiger partial charge in [-0.1, -0.05) is 6.07 Å². The number of hydrogen-bond donors (Lipinski definition) is 1. The lowest BCUT2D eigenvalue weighted by Gasteiger charge is -2.35. The van der Waals surface area contributed by atoms with Crippen LogP contribution in [0.5, 0.6) is 0 Å². The third kappa shape index (κ3) is 3.19. The van der Waals surface area contributed by atoms with E-state index in [1.54, 1.807) is 6.07 Å². The lowest BCUT2D eigenvalue weighted by molar-refractivity contribution is 0.145. The minimum Gasteiger partial charge on any atom is -0.369 e. The summed E-state index contributed by atoms with van der Waals surface area (Å²) in [4.78, 5) is 10.8. The lowest BCUT2D eigenvalue weighted by Crippen LogP contribution is -2.41. The highest BCUT2D eigenvalue weighted by Gasteiger charge is 2.21. The Balaban J connectivity index is 1.70. The molecule has 0 aliphatic carbocycles. The summed E-state index contributed by atoms with van der Waals surface area (Å²) in [7, 11) is 0. The molecule has 0 saturated carbocycles. The van der Waals surface area contributed by atoms with Gasteiger partial charge in [0.2, 0.25) is 0 Å². The first-order valence-corrected chi connectivity index (χ1v) is 8.02. The average Bonchev–Trinajstić information content (AvgIpc) is 2.53. The number of aromatic nitrogens is 2. The van der Waals surface area contributed by atoms with Crippen LogP contribution in [0.2, 0.25) is 0 Å². The van der Waals surface area contributed by atoms with Gasteiger partial charge in [0, 0.05) is 24.5 Å². The third-order valence-corrected chi connectivity index (χ3v) is 4.45. The summed E-state index contributed by atoms with van der Waals surface area (Å²) in [5.74, 6) is 1.03. The molecule has 2 heterocycles. The largest absolute Gasteiger partial charge is 0.369 e. The molecule has 4 nitrogen and oxygen atoms in total. The molecule has 0 spiro atoms. The summed E-state index contributed by atoms with van der Waals surface area (Å²) in [5, 5.41) is 4.15. The second kappa shape index (κ2) is 6.57. The zero-order valence-corrected chi connectivity index (χ0v) is 13.2. The Kier molecular flexibility index (Phi) is 4.52. The Hall–Kier alpha value is -1.75. The van der Waals surface area contributed by atoms with Crippen molar-refractivity contribution in [2.45, 2.75) is 32.7 Å². The van der Waals surface area contributed by atoms with Gasteiger partial charge in [0.15, 0.2) is 0 Å². The molecule has 118 valence electrons. The number of fused-ring (bicyclic) bond motifs is 1. The minimum atomic E-state index is -0.299. The van der Waals surface area contributed by atoms with Crippen molar-refractivity contribution in [1.82, 2.24) is 14.9 Å². The molecule has 1 aliphatic heterocycles. The Bertz CT molecular complexity index is 644. The van der Waals surface area contributed by atoms with Crippen LogP contribution in [0.3, 0.4) is 0 Å². The van der Waals surface area contributed by atoms with Crippen LogP contribution >= 0.6 is 0 Å². The SMILES string of the molecule is CC(C)N1CCCC(CNc2ncnc3c(F)cccc23)C1. The molecule has 0 radical (unpaired) electrons. The molecule has 0 amide bonds. The first-order chi connectivity index (χ1) is 10.6. The standard InChI is InChI=1S/C17H23FN4/c1-12(2)22-8-4-5-13(10-22)9-19-17-14-6-3-7-15(18)16(14)20-11-21-17/h3,6-7,11-13H,4-5,8-10H2,1-2H3,(H,19,20,21). The first kappa shape index (κ1) is 15.2. The normalized spacial score (nSPS) is 19.7. The maximum Gasteiger partial charge on any atom is 0.149 e. The predicted octanol–water partition coefficient (Wildman–Crippen LogP) is 3.30. The van der Waals surface area contributed by atoms with Crippen LogP contribution < -0.4 is 5.32 Å². The van der Waals surface area contributed by atoms with E-state index < -0.39 is 0 Å². The summed E-state index contributed by atoms with van der Waals surface area (Å²) < 4.78 is 13.8. The number of anilines is 1. The summed E-state index contributed by atoms with van der Waals surface area (Å²) in [6, 6.07) is 5.59. The van der Waals surface area contributed by atoms with Crippen LogP contribution in [0.4, 0.5) is 10.2 Å². The average molecular weight is 302 g/mol. The Labute approximate surface area is 130 Å². The van der Waals surface area contributed by atoms with Crippen molar-refractivity contribution < 1.29 is 4.39 Å². The fourth-order valence-corrected chi connectivity index (χ4v) is 3.17. The summed E-state index contributed by atoms with van der Waals surface area (Å²) in [6.07, 6.45) is 3.90. The monoisotopic (exact) mass is 302 g/mol. The van der Waals surface area contributed by atoms with Crippen LogP contribution in [0.1, 0.15) is 26.7 Å². The van der Waals surface area contributed by atoms with Crippen LogP contribution in [0, 0.1) is 11.7 Å². The molecule has 1 fully saturated rings. The van der Waals surface area contributed by atoms with Crippen molar-refractivity contribution >= 4 is 16.7 Å². The smallest absolute Gasteiger partial charge is 0.149 e. The summed E-state index contributed by atoms with van der Waals surface area (Å²) in [6.45, 7) is 7.66. The molecule has 1 aliphatic rings. The van der Waals surface area contributed by atoms with Gasteiger partial charge in [0.25, 0.3) is 0 Å². The van der Waals surface area contributed by atoms with E-state index >= 15 is 0 Å². The molecule has 1 aromatic heterocycles. The minimum absolute atomic E-state index is 0.299.